The lowest BCUT2D eigenvalue weighted by molar-refractivity contribution is 0.496. The second kappa shape index (κ2) is 4.07. The molecule has 0 aliphatic heterocycles. The van der Waals surface area contributed by atoms with Gasteiger partial charge in [-0.2, -0.15) is 10.2 Å². The van der Waals surface area contributed by atoms with Crippen molar-refractivity contribution in [2.75, 3.05) is 0 Å². The molecule has 0 rings (SSSR count). The van der Waals surface area contributed by atoms with E-state index < -0.39 is 0 Å². The first-order valence-electron chi connectivity index (χ1n) is 4.85. The third-order valence-corrected chi connectivity index (χ3v) is 2.64. The molecule has 0 unspecified atom stereocenters. The van der Waals surface area contributed by atoms with Crippen LogP contribution in [0.1, 0.15) is 41.5 Å². The molecule has 0 spiro atoms. The standard InChI is InChI=1S/C12H22N2/c1-9(2)11(5,6)13-14-12(7,8)10(3)4/h1,3H2,2,4-8H3. The predicted octanol–water partition coefficient (Wildman–Crippen LogP) is 4.15. The summed E-state index contributed by atoms with van der Waals surface area (Å²) in [6.45, 7) is 19.8. The molecule has 0 aromatic heterocycles. The highest BCUT2D eigenvalue weighted by molar-refractivity contribution is 5.12. The second-order valence-corrected chi connectivity index (χ2v) is 4.88. The zero-order chi connectivity index (χ0) is 11.6. The molecule has 0 bridgehead atoms. The Morgan fingerprint density at radius 1 is 0.786 bits per heavy atom. The van der Waals surface area contributed by atoms with Gasteiger partial charge >= 0.3 is 0 Å². The van der Waals surface area contributed by atoms with Crippen molar-refractivity contribution in [2.24, 2.45) is 10.2 Å². The molecule has 0 fully saturated rings. The van der Waals surface area contributed by atoms with Gasteiger partial charge in [-0.25, -0.2) is 0 Å². The van der Waals surface area contributed by atoms with Crippen LogP contribution in [0.15, 0.2) is 34.5 Å². The molecule has 0 N–H and O–H groups in total. The van der Waals surface area contributed by atoms with Crippen LogP contribution in [0.25, 0.3) is 0 Å². The Morgan fingerprint density at radius 2 is 1.00 bits per heavy atom. The van der Waals surface area contributed by atoms with Gasteiger partial charge in [-0.05, 0) is 41.5 Å². The van der Waals surface area contributed by atoms with Crippen molar-refractivity contribution in [3.63, 3.8) is 0 Å². The molecule has 0 radical (unpaired) electrons. The Bertz CT molecular complexity index is 242. The van der Waals surface area contributed by atoms with Crippen LogP contribution in [0.5, 0.6) is 0 Å². The highest BCUT2D eigenvalue weighted by Gasteiger charge is 2.22. The van der Waals surface area contributed by atoms with E-state index in [1.165, 1.54) is 0 Å². The minimum atomic E-state index is -0.285. The van der Waals surface area contributed by atoms with Crippen molar-refractivity contribution in [3.8, 4) is 0 Å². The van der Waals surface area contributed by atoms with Crippen molar-refractivity contribution in [1.29, 1.82) is 0 Å². The van der Waals surface area contributed by atoms with Gasteiger partial charge in [-0.15, -0.1) is 0 Å². The molecule has 0 atom stereocenters. The molecule has 0 aliphatic rings. The second-order valence-electron chi connectivity index (χ2n) is 4.88. The van der Waals surface area contributed by atoms with Crippen LogP contribution < -0.4 is 0 Å². The average molecular weight is 194 g/mol. The monoisotopic (exact) mass is 194 g/mol. The van der Waals surface area contributed by atoms with Crippen molar-refractivity contribution < 1.29 is 0 Å². The maximum Gasteiger partial charge on any atom is 0.0963 e. The third-order valence-electron chi connectivity index (χ3n) is 2.64. The smallest absolute Gasteiger partial charge is 0.0963 e. The summed E-state index contributed by atoms with van der Waals surface area (Å²) in [6.07, 6.45) is 0. The van der Waals surface area contributed by atoms with Gasteiger partial charge in [-0.1, -0.05) is 24.3 Å². The topological polar surface area (TPSA) is 24.7 Å². The van der Waals surface area contributed by atoms with Crippen LogP contribution in [0.4, 0.5) is 0 Å². The Hall–Kier alpha value is -0.920. The molecular weight excluding hydrogens is 172 g/mol. The molecular formula is C12H22N2. The van der Waals surface area contributed by atoms with Gasteiger partial charge in [0.1, 0.15) is 0 Å². The molecule has 0 amide bonds. The van der Waals surface area contributed by atoms with Gasteiger partial charge < -0.3 is 0 Å². The quantitative estimate of drug-likeness (QED) is 0.474. The summed E-state index contributed by atoms with van der Waals surface area (Å²) in [5.74, 6) is 0. The fourth-order valence-corrected chi connectivity index (χ4v) is 0.421. The molecule has 2 nitrogen and oxygen atoms in total. The Kier molecular flexibility index (Phi) is 3.81. The van der Waals surface area contributed by atoms with Crippen LogP contribution >= 0.6 is 0 Å². The van der Waals surface area contributed by atoms with E-state index in [0.29, 0.717) is 0 Å². The molecule has 14 heavy (non-hydrogen) atoms. The van der Waals surface area contributed by atoms with E-state index in [-0.39, 0.29) is 11.1 Å². The van der Waals surface area contributed by atoms with E-state index >= 15 is 0 Å². The number of azo groups is 1. The summed E-state index contributed by atoms with van der Waals surface area (Å²) in [7, 11) is 0. The summed E-state index contributed by atoms with van der Waals surface area (Å²) in [6, 6.07) is 0. The molecule has 0 aliphatic carbocycles. The van der Waals surface area contributed by atoms with Gasteiger partial charge in [-0.3, -0.25) is 0 Å². The van der Waals surface area contributed by atoms with E-state index in [1.807, 2.05) is 41.5 Å². The summed E-state index contributed by atoms with van der Waals surface area (Å²) in [5, 5.41) is 8.63. The molecule has 0 saturated carbocycles. The van der Waals surface area contributed by atoms with E-state index in [1.54, 1.807) is 0 Å². The number of hydrogen-bond donors (Lipinski definition) is 0. The van der Waals surface area contributed by atoms with E-state index in [4.69, 9.17) is 0 Å². The number of hydrogen-bond acceptors (Lipinski definition) is 2. The zero-order valence-corrected chi connectivity index (χ0v) is 10.3. The van der Waals surface area contributed by atoms with Gasteiger partial charge in [0, 0.05) is 0 Å². The van der Waals surface area contributed by atoms with Crippen molar-refractivity contribution in [2.45, 2.75) is 52.6 Å². The van der Waals surface area contributed by atoms with Gasteiger partial charge in [0.2, 0.25) is 0 Å². The normalized spacial score (nSPS) is 13.3. The minimum absolute atomic E-state index is 0.285. The van der Waals surface area contributed by atoms with Crippen molar-refractivity contribution in [3.05, 3.63) is 24.3 Å². The fraction of sp³-hybridized carbons (Fsp3) is 0.667. The first kappa shape index (κ1) is 13.1. The summed E-state index contributed by atoms with van der Waals surface area (Å²) >= 11 is 0. The zero-order valence-electron chi connectivity index (χ0n) is 10.3. The Morgan fingerprint density at radius 3 is 1.14 bits per heavy atom. The summed E-state index contributed by atoms with van der Waals surface area (Å²) < 4.78 is 0. The summed E-state index contributed by atoms with van der Waals surface area (Å²) in [5.41, 5.74) is 1.46. The number of rotatable bonds is 4. The van der Waals surface area contributed by atoms with Gasteiger partial charge in [0.05, 0.1) is 11.1 Å². The molecule has 80 valence electrons. The molecule has 0 aromatic carbocycles. The average Bonchev–Trinajstić information content (AvgIpc) is 2.01. The predicted molar refractivity (Wildman–Crippen MR) is 62.6 cm³/mol. The SMILES string of the molecule is C=C(C)C(C)(C)N=NC(C)(C)C(=C)C. The largest absolute Gasteiger partial charge is 0.183 e. The molecule has 0 heterocycles. The van der Waals surface area contributed by atoms with Crippen LogP contribution in [0, 0.1) is 0 Å². The van der Waals surface area contributed by atoms with E-state index in [2.05, 4.69) is 23.4 Å². The van der Waals surface area contributed by atoms with Crippen molar-refractivity contribution in [1.82, 2.24) is 0 Å². The van der Waals surface area contributed by atoms with Crippen molar-refractivity contribution >= 4 is 0 Å². The Balaban J connectivity index is 4.76. The summed E-state index contributed by atoms with van der Waals surface area (Å²) in [4.78, 5) is 0. The van der Waals surface area contributed by atoms with E-state index in [9.17, 15) is 0 Å². The van der Waals surface area contributed by atoms with Gasteiger partial charge in [0.15, 0.2) is 0 Å². The third kappa shape index (κ3) is 3.44. The molecule has 0 saturated heterocycles. The lowest BCUT2D eigenvalue weighted by atomic mass is 9.97. The van der Waals surface area contributed by atoms with Crippen LogP contribution in [-0.2, 0) is 0 Å². The lowest BCUT2D eigenvalue weighted by Gasteiger charge is -2.23. The van der Waals surface area contributed by atoms with Crippen LogP contribution in [0.2, 0.25) is 0 Å². The highest BCUT2D eigenvalue weighted by Crippen LogP contribution is 2.24. The maximum absolute atomic E-state index is 4.31. The van der Waals surface area contributed by atoms with Crippen LogP contribution in [-0.4, -0.2) is 11.1 Å². The minimum Gasteiger partial charge on any atom is -0.183 e. The Labute approximate surface area is 87.8 Å². The first-order chi connectivity index (χ1) is 6.09. The highest BCUT2D eigenvalue weighted by atomic mass is 15.2. The van der Waals surface area contributed by atoms with E-state index in [0.717, 1.165) is 11.1 Å². The number of nitrogens with zero attached hydrogens (tertiary/aromatic N) is 2. The first-order valence-corrected chi connectivity index (χ1v) is 4.85. The molecule has 0 aromatic rings. The molecule has 2 heteroatoms. The maximum atomic E-state index is 4.31. The fourth-order valence-electron chi connectivity index (χ4n) is 0.421. The van der Waals surface area contributed by atoms with Crippen LogP contribution in [0.3, 0.4) is 0 Å². The lowest BCUT2D eigenvalue weighted by Crippen LogP contribution is -2.22. The van der Waals surface area contributed by atoms with Gasteiger partial charge in [0.25, 0.3) is 0 Å².